The number of rotatable bonds is 4. The summed E-state index contributed by atoms with van der Waals surface area (Å²) in [5.41, 5.74) is -13.5. The first kappa shape index (κ1) is 20.9. The SMILES string of the molecule is C=CC[C@@](O)(C(F)(F)C(F)(F)F)C(F)(C(F)(F)F)C(F)(F)F. The van der Waals surface area contributed by atoms with Gasteiger partial charge in [0, 0.05) is 6.42 Å². The Hall–Kier alpha value is -1.14. The molecular formula is C9H6F12O. The molecule has 0 fully saturated rings. The molecule has 0 aliphatic carbocycles. The van der Waals surface area contributed by atoms with Gasteiger partial charge >= 0.3 is 30.1 Å². The molecule has 0 spiro atoms. The van der Waals surface area contributed by atoms with Crippen LogP contribution in [0.4, 0.5) is 52.7 Å². The van der Waals surface area contributed by atoms with E-state index in [-0.39, 0.29) is 6.08 Å². The summed E-state index contributed by atoms with van der Waals surface area (Å²) in [6, 6.07) is 0. The largest absolute Gasteiger partial charge is 0.456 e. The zero-order valence-electron chi connectivity index (χ0n) is 9.97. The summed E-state index contributed by atoms with van der Waals surface area (Å²) < 4.78 is 150. The minimum atomic E-state index is -7.32. The second kappa shape index (κ2) is 5.20. The van der Waals surface area contributed by atoms with Crippen molar-refractivity contribution in [1.82, 2.24) is 0 Å². The lowest BCUT2D eigenvalue weighted by Crippen LogP contribution is -2.76. The van der Waals surface area contributed by atoms with Crippen molar-refractivity contribution in [1.29, 1.82) is 0 Å². The Morgan fingerprint density at radius 1 is 0.682 bits per heavy atom. The van der Waals surface area contributed by atoms with Crippen LogP contribution < -0.4 is 0 Å². The van der Waals surface area contributed by atoms with Gasteiger partial charge in [0.25, 0.3) is 0 Å². The summed E-state index contributed by atoms with van der Waals surface area (Å²) in [6.07, 6.45) is -24.8. The molecule has 0 aliphatic heterocycles. The summed E-state index contributed by atoms with van der Waals surface area (Å²) in [5.74, 6) is -7.09. The third kappa shape index (κ3) is 2.63. The molecule has 0 saturated carbocycles. The van der Waals surface area contributed by atoms with Crippen molar-refractivity contribution in [3.05, 3.63) is 12.7 Å². The lowest BCUT2D eigenvalue weighted by Gasteiger charge is -2.46. The molecule has 0 aliphatic rings. The van der Waals surface area contributed by atoms with Gasteiger partial charge in [0.15, 0.2) is 5.60 Å². The summed E-state index contributed by atoms with van der Waals surface area (Å²) >= 11 is 0. The second-order valence-corrected chi connectivity index (χ2v) is 4.08. The molecule has 1 N–H and O–H groups in total. The van der Waals surface area contributed by atoms with Gasteiger partial charge in [-0.3, -0.25) is 0 Å². The smallest absolute Gasteiger partial charge is 0.379 e. The van der Waals surface area contributed by atoms with E-state index in [4.69, 9.17) is 5.11 Å². The van der Waals surface area contributed by atoms with Crippen molar-refractivity contribution < 1.29 is 57.8 Å². The Labute approximate surface area is 114 Å². The normalized spacial score (nSPS) is 18.0. The summed E-state index contributed by atoms with van der Waals surface area (Å²) in [6.45, 7) is 2.36. The lowest BCUT2D eigenvalue weighted by atomic mass is 9.75. The van der Waals surface area contributed by atoms with Gasteiger partial charge < -0.3 is 5.11 Å². The number of alkyl halides is 12. The van der Waals surface area contributed by atoms with Crippen molar-refractivity contribution in [3.8, 4) is 0 Å². The molecule has 0 aromatic carbocycles. The third-order valence-corrected chi connectivity index (χ3v) is 2.67. The highest BCUT2D eigenvalue weighted by atomic mass is 19.4. The average molecular weight is 358 g/mol. The van der Waals surface area contributed by atoms with Crippen LogP contribution >= 0.6 is 0 Å². The van der Waals surface area contributed by atoms with Gasteiger partial charge in [-0.05, 0) is 0 Å². The van der Waals surface area contributed by atoms with E-state index < -0.39 is 42.1 Å². The fourth-order valence-corrected chi connectivity index (χ4v) is 1.56. The average Bonchev–Trinajstić information content (AvgIpc) is 2.22. The fraction of sp³-hybridized carbons (Fsp3) is 0.778. The van der Waals surface area contributed by atoms with Crippen LogP contribution in [0, 0.1) is 0 Å². The standard InChI is InChI=1S/C9H6F12O/c1-2-3-4(22,6(11,12)9(19,20)21)5(10,7(13,14)15)8(16,17)18/h2,22H,1,3H2/t4-/m0/s1. The van der Waals surface area contributed by atoms with Crippen molar-refractivity contribution in [2.75, 3.05) is 0 Å². The van der Waals surface area contributed by atoms with E-state index in [1.807, 2.05) is 0 Å². The Bertz CT molecular complexity index is 402. The Kier molecular flexibility index (Phi) is 4.93. The van der Waals surface area contributed by atoms with Gasteiger partial charge in [-0.1, -0.05) is 6.08 Å². The van der Waals surface area contributed by atoms with Gasteiger partial charge in [-0.25, -0.2) is 4.39 Å². The number of halogens is 12. The Morgan fingerprint density at radius 2 is 1.00 bits per heavy atom. The number of hydrogen-bond acceptors (Lipinski definition) is 1. The topological polar surface area (TPSA) is 20.2 Å². The van der Waals surface area contributed by atoms with E-state index >= 15 is 0 Å². The number of hydrogen-bond donors (Lipinski definition) is 1. The predicted octanol–water partition coefficient (Wildman–Crippen LogP) is 4.32. The highest BCUT2D eigenvalue weighted by molar-refractivity contribution is 5.19. The monoisotopic (exact) mass is 358 g/mol. The summed E-state index contributed by atoms with van der Waals surface area (Å²) in [4.78, 5) is 0. The van der Waals surface area contributed by atoms with Crippen LogP contribution in [0.5, 0.6) is 0 Å². The Morgan fingerprint density at radius 3 is 1.18 bits per heavy atom. The molecule has 0 aromatic heterocycles. The van der Waals surface area contributed by atoms with Crippen LogP contribution in [-0.4, -0.2) is 40.8 Å². The molecule has 22 heavy (non-hydrogen) atoms. The van der Waals surface area contributed by atoms with E-state index in [1.165, 1.54) is 0 Å². The van der Waals surface area contributed by atoms with Crippen molar-refractivity contribution in [2.45, 2.75) is 42.1 Å². The first-order chi connectivity index (χ1) is 9.31. The maximum atomic E-state index is 13.5. The lowest BCUT2D eigenvalue weighted by molar-refractivity contribution is -0.442. The zero-order chi connectivity index (χ0) is 18.4. The molecule has 0 saturated heterocycles. The van der Waals surface area contributed by atoms with Gasteiger partial charge in [-0.2, -0.15) is 48.3 Å². The summed E-state index contributed by atoms with van der Waals surface area (Å²) in [5, 5.41) is 8.91. The maximum absolute atomic E-state index is 13.5. The highest BCUT2D eigenvalue weighted by Crippen LogP contribution is 2.60. The maximum Gasteiger partial charge on any atom is 0.456 e. The van der Waals surface area contributed by atoms with Crippen LogP contribution in [-0.2, 0) is 0 Å². The first-order valence-electron chi connectivity index (χ1n) is 4.91. The van der Waals surface area contributed by atoms with Crippen LogP contribution in [0.1, 0.15) is 6.42 Å². The van der Waals surface area contributed by atoms with Crippen LogP contribution in [0.3, 0.4) is 0 Å². The van der Waals surface area contributed by atoms with Gasteiger partial charge in [0.05, 0.1) is 0 Å². The van der Waals surface area contributed by atoms with Crippen LogP contribution in [0.25, 0.3) is 0 Å². The molecule has 0 radical (unpaired) electrons. The minimum Gasteiger partial charge on any atom is -0.379 e. The predicted molar refractivity (Wildman–Crippen MR) is 46.7 cm³/mol. The van der Waals surface area contributed by atoms with Gasteiger partial charge in [0.2, 0.25) is 0 Å². The van der Waals surface area contributed by atoms with E-state index in [0.717, 1.165) is 0 Å². The second-order valence-electron chi connectivity index (χ2n) is 4.08. The van der Waals surface area contributed by atoms with E-state index in [1.54, 1.807) is 0 Å². The highest BCUT2D eigenvalue weighted by Gasteiger charge is 2.90. The van der Waals surface area contributed by atoms with Crippen LogP contribution in [0.15, 0.2) is 12.7 Å². The molecular weight excluding hydrogens is 352 g/mol. The quantitative estimate of drug-likeness (QED) is 0.586. The first-order valence-corrected chi connectivity index (χ1v) is 4.91. The van der Waals surface area contributed by atoms with Crippen LogP contribution in [0.2, 0.25) is 0 Å². The molecule has 0 aromatic rings. The Balaban J connectivity index is 6.75. The van der Waals surface area contributed by atoms with E-state index in [2.05, 4.69) is 6.58 Å². The molecule has 13 heteroatoms. The summed E-state index contributed by atoms with van der Waals surface area (Å²) in [7, 11) is 0. The van der Waals surface area contributed by atoms with Crippen molar-refractivity contribution in [2.24, 2.45) is 0 Å². The molecule has 1 nitrogen and oxygen atoms in total. The van der Waals surface area contributed by atoms with E-state index in [0.29, 0.717) is 0 Å². The third-order valence-electron chi connectivity index (χ3n) is 2.67. The zero-order valence-corrected chi connectivity index (χ0v) is 9.97. The minimum absolute atomic E-state index is 0.328. The van der Waals surface area contributed by atoms with E-state index in [9.17, 15) is 52.7 Å². The van der Waals surface area contributed by atoms with Gasteiger partial charge in [-0.15, -0.1) is 6.58 Å². The number of aliphatic hydroxyl groups is 1. The molecule has 1 atom stereocenters. The van der Waals surface area contributed by atoms with Gasteiger partial charge in [0.1, 0.15) is 0 Å². The fourth-order valence-electron chi connectivity index (χ4n) is 1.56. The molecule has 0 bridgehead atoms. The van der Waals surface area contributed by atoms with Crippen molar-refractivity contribution in [3.63, 3.8) is 0 Å². The van der Waals surface area contributed by atoms with Crippen molar-refractivity contribution >= 4 is 0 Å². The molecule has 0 unspecified atom stereocenters. The molecule has 0 amide bonds. The molecule has 0 heterocycles. The molecule has 0 rings (SSSR count). The molecule has 132 valence electrons.